The minimum atomic E-state index is -0.984. The molecule has 0 aliphatic heterocycles. The van der Waals surface area contributed by atoms with Crippen molar-refractivity contribution in [2.45, 2.75) is 25.9 Å². The van der Waals surface area contributed by atoms with Crippen LogP contribution in [-0.4, -0.2) is 37.3 Å². The molecule has 3 N–H and O–H groups in total. The molecule has 0 spiro atoms. The lowest BCUT2D eigenvalue weighted by Crippen LogP contribution is -2.39. The zero-order valence-corrected chi connectivity index (χ0v) is 18.7. The average Bonchev–Trinajstić information content (AvgIpc) is 3.16. The van der Waals surface area contributed by atoms with E-state index in [1.807, 2.05) is 24.4 Å². The van der Waals surface area contributed by atoms with E-state index in [1.165, 1.54) is 23.5 Å². The summed E-state index contributed by atoms with van der Waals surface area (Å²) >= 11 is 1.52. The van der Waals surface area contributed by atoms with E-state index >= 15 is 0 Å². The maximum Gasteiger partial charge on any atom is 0.191 e. The van der Waals surface area contributed by atoms with E-state index in [0.29, 0.717) is 24.9 Å². The first kappa shape index (κ1) is 23.6. The number of aliphatic imine (C=N–C) groups is 1. The van der Waals surface area contributed by atoms with Crippen LogP contribution in [0.5, 0.6) is 5.75 Å². The summed E-state index contributed by atoms with van der Waals surface area (Å²) in [5.74, 6) is 1.04. The Morgan fingerprint density at radius 3 is 2.63 bits per heavy atom. The third-order valence-electron chi connectivity index (χ3n) is 3.64. The molecule has 2 aromatic rings. The minimum absolute atomic E-state index is 0. The summed E-state index contributed by atoms with van der Waals surface area (Å²) in [6.07, 6.45) is 0.767. The number of aliphatic hydroxyl groups is 1. The van der Waals surface area contributed by atoms with E-state index in [9.17, 15) is 9.50 Å². The first-order valence-corrected chi connectivity index (χ1v) is 9.56. The van der Waals surface area contributed by atoms with Gasteiger partial charge in [0.1, 0.15) is 17.2 Å². The van der Waals surface area contributed by atoms with Crippen molar-refractivity contribution in [2.24, 2.45) is 4.99 Å². The van der Waals surface area contributed by atoms with Gasteiger partial charge in [-0.1, -0.05) is 6.07 Å². The molecule has 150 valence electrons. The average molecular weight is 507 g/mol. The number of ether oxygens (including phenoxy) is 1. The second-order valence-corrected chi connectivity index (χ2v) is 6.98. The van der Waals surface area contributed by atoms with Gasteiger partial charge in [0.05, 0.1) is 13.2 Å². The summed E-state index contributed by atoms with van der Waals surface area (Å²) in [6.45, 7) is 5.96. The number of hydrogen-bond acceptors (Lipinski definition) is 4. The molecular weight excluding hydrogens is 480 g/mol. The van der Waals surface area contributed by atoms with E-state index in [0.717, 1.165) is 17.8 Å². The topological polar surface area (TPSA) is 65.9 Å². The molecule has 0 saturated heterocycles. The highest BCUT2D eigenvalue weighted by Crippen LogP contribution is 2.25. The highest BCUT2D eigenvalue weighted by molar-refractivity contribution is 14.0. The van der Waals surface area contributed by atoms with E-state index in [4.69, 9.17) is 4.74 Å². The number of hydrogen-bond donors (Lipinski definition) is 3. The molecule has 1 unspecified atom stereocenters. The first-order chi connectivity index (χ1) is 12.5. The molecule has 1 aromatic heterocycles. The summed E-state index contributed by atoms with van der Waals surface area (Å²) in [4.78, 5) is 5.37. The number of nitrogens with zero attached hydrogens (tertiary/aromatic N) is 1. The zero-order valence-electron chi connectivity index (χ0n) is 15.6. The quantitative estimate of drug-likeness (QED) is 0.210. The fraction of sp³-hybridized carbons (Fsp3) is 0.421. The lowest BCUT2D eigenvalue weighted by molar-refractivity contribution is 0.0711. The summed E-state index contributed by atoms with van der Waals surface area (Å²) in [5.41, 5.74) is -0.984. The summed E-state index contributed by atoms with van der Waals surface area (Å²) < 4.78 is 18.4. The Labute approximate surface area is 181 Å². The molecule has 1 atom stereocenters. The Morgan fingerprint density at radius 2 is 2.00 bits per heavy atom. The second kappa shape index (κ2) is 12.1. The van der Waals surface area contributed by atoms with Crippen molar-refractivity contribution < 1.29 is 14.2 Å². The lowest BCUT2D eigenvalue weighted by Gasteiger charge is -2.20. The number of thiophene rings is 1. The molecule has 0 amide bonds. The van der Waals surface area contributed by atoms with Gasteiger partial charge in [-0.2, -0.15) is 0 Å². The van der Waals surface area contributed by atoms with Gasteiger partial charge in [0.25, 0.3) is 0 Å². The number of guanidine groups is 1. The van der Waals surface area contributed by atoms with Crippen LogP contribution < -0.4 is 15.4 Å². The van der Waals surface area contributed by atoms with Crippen molar-refractivity contribution in [1.29, 1.82) is 0 Å². The molecule has 0 bridgehead atoms. The smallest absolute Gasteiger partial charge is 0.191 e. The van der Waals surface area contributed by atoms with Crippen LogP contribution in [0.25, 0.3) is 0 Å². The van der Waals surface area contributed by atoms with E-state index in [1.54, 1.807) is 19.1 Å². The van der Waals surface area contributed by atoms with Crippen molar-refractivity contribution in [3.63, 3.8) is 0 Å². The predicted octanol–water partition coefficient (Wildman–Crippen LogP) is 3.74. The van der Waals surface area contributed by atoms with Gasteiger partial charge in [0.15, 0.2) is 5.96 Å². The first-order valence-electron chi connectivity index (χ1n) is 8.68. The highest BCUT2D eigenvalue weighted by Gasteiger charge is 2.23. The van der Waals surface area contributed by atoms with Crippen molar-refractivity contribution in [3.8, 4) is 5.75 Å². The fourth-order valence-corrected chi connectivity index (χ4v) is 3.02. The van der Waals surface area contributed by atoms with Crippen LogP contribution in [0.4, 0.5) is 4.39 Å². The van der Waals surface area contributed by atoms with Crippen molar-refractivity contribution in [3.05, 3.63) is 52.5 Å². The number of rotatable bonds is 9. The maximum atomic E-state index is 12.8. The minimum Gasteiger partial charge on any atom is -0.494 e. The fourth-order valence-electron chi connectivity index (χ4n) is 2.24. The zero-order chi connectivity index (χ0) is 18.8. The molecule has 1 aromatic carbocycles. The van der Waals surface area contributed by atoms with Gasteiger partial charge in [0.2, 0.25) is 0 Å². The van der Waals surface area contributed by atoms with E-state index < -0.39 is 5.60 Å². The van der Waals surface area contributed by atoms with Gasteiger partial charge < -0.3 is 20.5 Å². The van der Waals surface area contributed by atoms with E-state index in [2.05, 4.69) is 15.6 Å². The van der Waals surface area contributed by atoms with Gasteiger partial charge in [-0.25, -0.2) is 9.38 Å². The van der Waals surface area contributed by atoms with Gasteiger partial charge >= 0.3 is 0 Å². The molecule has 0 fully saturated rings. The molecule has 8 heteroatoms. The van der Waals surface area contributed by atoms with Gasteiger partial charge in [-0.05, 0) is 56.0 Å². The molecule has 0 aliphatic rings. The van der Waals surface area contributed by atoms with Crippen LogP contribution in [0, 0.1) is 5.82 Å². The largest absolute Gasteiger partial charge is 0.494 e. The monoisotopic (exact) mass is 507 g/mol. The summed E-state index contributed by atoms with van der Waals surface area (Å²) in [5, 5.41) is 18.9. The molecular formula is C19H27FIN3O2S. The standard InChI is InChI=1S/C19H26FN3O2S.HI/c1-3-21-18(23-14-19(2,24)17-6-4-13-26-17)22-11-5-12-25-16-9-7-15(20)8-10-16;/h4,6-10,13,24H,3,5,11-12,14H2,1-2H3,(H2,21,22,23);1H. The Bertz CT molecular complexity index is 679. The van der Waals surface area contributed by atoms with Crippen LogP contribution in [0.3, 0.4) is 0 Å². The maximum absolute atomic E-state index is 12.8. The molecule has 0 aliphatic carbocycles. The third-order valence-corrected chi connectivity index (χ3v) is 4.76. The Balaban J connectivity index is 0.00000364. The van der Waals surface area contributed by atoms with Crippen LogP contribution >= 0.6 is 35.3 Å². The molecule has 27 heavy (non-hydrogen) atoms. The van der Waals surface area contributed by atoms with Crippen LogP contribution in [0.2, 0.25) is 0 Å². The van der Waals surface area contributed by atoms with Crippen LogP contribution in [0.15, 0.2) is 46.8 Å². The van der Waals surface area contributed by atoms with Gasteiger partial charge in [0, 0.05) is 18.0 Å². The number of benzene rings is 1. The molecule has 1 heterocycles. The number of halogens is 2. The Morgan fingerprint density at radius 1 is 1.26 bits per heavy atom. The Kier molecular flexibility index (Phi) is 10.6. The van der Waals surface area contributed by atoms with Crippen LogP contribution in [-0.2, 0) is 5.60 Å². The third kappa shape index (κ3) is 8.44. The Hall–Kier alpha value is -1.39. The number of nitrogens with one attached hydrogen (secondary N) is 2. The van der Waals surface area contributed by atoms with Crippen molar-refractivity contribution in [1.82, 2.24) is 10.6 Å². The highest BCUT2D eigenvalue weighted by atomic mass is 127. The van der Waals surface area contributed by atoms with Crippen LogP contribution in [0.1, 0.15) is 25.1 Å². The van der Waals surface area contributed by atoms with E-state index in [-0.39, 0.29) is 36.3 Å². The SMILES string of the molecule is CCNC(=NCC(C)(O)c1cccs1)NCCCOc1ccc(F)cc1.I. The second-order valence-electron chi connectivity index (χ2n) is 6.03. The normalized spacial score (nSPS) is 13.4. The van der Waals surface area contributed by atoms with Gasteiger partial charge in [-0.15, -0.1) is 35.3 Å². The summed E-state index contributed by atoms with van der Waals surface area (Å²) in [6, 6.07) is 9.81. The van der Waals surface area contributed by atoms with Crippen molar-refractivity contribution in [2.75, 3.05) is 26.2 Å². The molecule has 0 radical (unpaired) electrons. The molecule has 0 saturated carbocycles. The van der Waals surface area contributed by atoms with Crippen molar-refractivity contribution >= 4 is 41.3 Å². The molecule has 2 rings (SSSR count). The molecule has 5 nitrogen and oxygen atoms in total. The lowest BCUT2D eigenvalue weighted by atomic mass is 10.1. The summed E-state index contributed by atoms with van der Waals surface area (Å²) in [7, 11) is 0. The predicted molar refractivity (Wildman–Crippen MR) is 120 cm³/mol. The van der Waals surface area contributed by atoms with Gasteiger partial charge in [-0.3, -0.25) is 0 Å².